The Hall–Kier alpha value is -0.940. The molecule has 2 rings (SSSR count). The summed E-state index contributed by atoms with van der Waals surface area (Å²) in [7, 11) is 0. The molecule has 1 aliphatic rings. The second-order valence-corrected chi connectivity index (χ2v) is 5.55. The zero-order valence-corrected chi connectivity index (χ0v) is 11.1. The van der Waals surface area contributed by atoms with Gasteiger partial charge in [0.25, 0.3) is 0 Å². The zero-order valence-electron chi connectivity index (χ0n) is 9.47. The summed E-state index contributed by atoms with van der Waals surface area (Å²) < 4.78 is 14.2. The molecule has 17 heavy (non-hydrogen) atoms. The maximum atomic E-state index is 13.5. The first-order valence-corrected chi connectivity index (χ1v) is 6.26. The van der Waals surface area contributed by atoms with Gasteiger partial charge in [-0.05, 0) is 43.9 Å². The van der Waals surface area contributed by atoms with Crippen molar-refractivity contribution in [3.05, 3.63) is 28.5 Å². The molecule has 0 saturated heterocycles. The van der Waals surface area contributed by atoms with Crippen LogP contribution in [0.1, 0.15) is 19.8 Å². The van der Waals surface area contributed by atoms with Gasteiger partial charge in [-0.3, -0.25) is 4.79 Å². The first-order valence-electron chi connectivity index (χ1n) is 5.46. The van der Waals surface area contributed by atoms with Crippen molar-refractivity contribution in [3.63, 3.8) is 0 Å². The van der Waals surface area contributed by atoms with Crippen molar-refractivity contribution in [3.8, 4) is 0 Å². The van der Waals surface area contributed by atoms with Crippen molar-refractivity contribution in [1.82, 2.24) is 0 Å². The number of amides is 1. The van der Waals surface area contributed by atoms with Crippen LogP contribution in [-0.4, -0.2) is 11.4 Å². The van der Waals surface area contributed by atoms with E-state index >= 15 is 0 Å². The van der Waals surface area contributed by atoms with Gasteiger partial charge in [0.05, 0.1) is 11.2 Å². The zero-order chi connectivity index (χ0) is 12.6. The molecule has 3 nitrogen and oxygen atoms in total. The maximum Gasteiger partial charge on any atom is 0.244 e. The fourth-order valence-electron chi connectivity index (χ4n) is 1.72. The topological polar surface area (TPSA) is 55.1 Å². The second kappa shape index (κ2) is 4.38. The molecule has 1 amide bonds. The Kier molecular flexibility index (Phi) is 3.23. The standard InChI is InChI=1S/C12H14BrFN2O/c1-12(15,7-2-3-7)11(17)16-10-6-8(13)4-5-9(10)14/h4-7H,2-3,15H2,1H3,(H,16,17). The number of hydrogen-bond donors (Lipinski definition) is 2. The minimum atomic E-state index is -0.922. The Balaban J connectivity index is 2.15. The molecule has 1 aromatic carbocycles. The summed E-state index contributed by atoms with van der Waals surface area (Å²) in [5, 5.41) is 2.54. The number of carbonyl (C=O) groups is 1. The van der Waals surface area contributed by atoms with Crippen molar-refractivity contribution in [2.24, 2.45) is 11.7 Å². The molecule has 1 saturated carbocycles. The summed E-state index contributed by atoms with van der Waals surface area (Å²) >= 11 is 3.23. The van der Waals surface area contributed by atoms with E-state index in [-0.39, 0.29) is 17.5 Å². The minimum absolute atomic E-state index is 0.154. The molecule has 1 aromatic rings. The lowest BCUT2D eigenvalue weighted by atomic mass is 9.96. The van der Waals surface area contributed by atoms with Crippen LogP contribution in [0.25, 0.3) is 0 Å². The molecular weight excluding hydrogens is 287 g/mol. The molecular formula is C12H14BrFN2O. The summed E-state index contributed by atoms with van der Waals surface area (Å²) in [6, 6.07) is 4.40. The van der Waals surface area contributed by atoms with Gasteiger partial charge in [0, 0.05) is 4.47 Å². The number of rotatable bonds is 3. The largest absolute Gasteiger partial charge is 0.322 e. The molecule has 0 aliphatic heterocycles. The van der Waals surface area contributed by atoms with Crippen LogP contribution in [0.4, 0.5) is 10.1 Å². The highest BCUT2D eigenvalue weighted by atomic mass is 79.9. The molecule has 1 aliphatic carbocycles. The van der Waals surface area contributed by atoms with E-state index in [4.69, 9.17) is 5.73 Å². The molecule has 0 radical (unpaired) electrons. The fourth-order valence-corrected chi connectivity index (χ4v) is 2.08. The number of nitrogens with one attached hydrogen (secondary N) is 1. The average Bonchev–Trinajstić information content (AvgIpc) is 3.07. The number of hydrogen-bond acceptors (Lipinski definition) is 2. The monoisotopic (exact) mass is 300 g/mol. The molecule has 0 aromatic heterocycles. The predicted octanol–water partition coefficient (Wildman–Crippen LogP) is 2.65. The highest BCUT2D eigenvalue weighted by molar-refractivity contribution is 9.10. The fraction of sp³-hybridized carbons (Fsp3) is 0.417. The maximum absolute atomic E-state index is 13.5. The Labute approximate surface area is 108 Å². The van der Waals surface area contributed by atoms with Gasteiger partial charge >= 0.3 is 0 Å². The predicted molar refractivity (Wildman–Crippen MR) is 68.0 cm³/mol. The number of benzene rings is 1. The number of halogens is 2. The smallest absolute Gasteiger partial charge is 0.244 e. The molecule has 0 heterocycles. The van der Waals surface area contributed by atoms with E-state index in [1.165, 1.54) is 12.1 Å². The van der Waals surface area contributed by atoms with Crippen molar-refractivity contribution >= 4 is 27.5 Å². The lowest BCUT2D eigenvalue weighted by Crippen LogP contribution is -2.50. The molecule has 0 bridgehead atoms. The van der Waals surface area contributed by atoms with Crippen LogP contribution in [0.5, 0.6) is 0 Å². The van der Waals surface area contributed by atoms with E-state index in [1.807, 2.05) is 0 Å². The minimum Gasteiger partial charge on any atom is -0.322 e. The molecule has 1 unspecified atom stereocenters. The van der Waals surface area contributed by atoms with Crippen LogP contribution in [0.2, 0.25) is 0 Å². The van der Waals surface area contributed by atoms with Crippen molar-refractivity contribution in [1.29, 1.82) is 0 Å². The van der Waals surface area contributed by atoms with Gasteiger partial charge in [-0.15, -0.1) is 0 Å². The lowest BCUT2D eigenvalue weighted by molar-refractivity contribution is -0.121. The number of anilines is 1. The van der Waals surface area contributed by atoms with E-state index in [0.29, 0.717) is 4.47 Å². The third-order valence-corrected chi connectivity index (χ3v) is 3.58. The lowest BCUT2D eigenvalue weighted by Gasteiger charge is -2.23. The molecule has 1 fully saturated rings. The summed E-state index contributed by atoms with van der Waals surface area (Å²) in [5.41, 5.74) is 5.19. The summed E-state index contributed by atoms with van der Waals surface area (Å²) in [4.78, 5) is 12.0. The Morgan fingerprint density at radius 1 is 1.59 bits per heavy atom. The summed E-state index contributed by atoms with van der Waals surface area (Å²) in [6.45, 7) is 1.69. The first-order chi connectivity index (χ1) is 7.91. The van der Waals surface area contributed by atoms with E-state index in [9.17, 15) is 9.18 Å². The molecule has 3 N–H and O–H groups in total. The van der Waals surface area contributed by atoms with Crippen LogP contribution in [-0.2, 0) is 4.79 Å². The van der Waals surface area contributed by atoms with Crippen molar-refractivity contribution < 1.29 is 9.18 Å². The van der Waals surface area contributed by atoms with Gasteiger partial charge in [0.1, 0.15) is 5.82 Å². The normalized spacial score (nSPS) is 18.6. The van der Waals surface area contributed by atoms with Crippen LogP contribution >= 0.6 is 15.9 Å². The Bertz CT molecular complexity index is 458. The van der Waals surface area contributed by atoms with Gasteiger partial charge in [-0.1, -0.05) is 15.9 Å². The molecule has 5 heteroatoms. The SMILES string of the molecule is CC(N)(C(=O)Nc1cc(Br)ccc1F)C1CC1. The highest BCUT2D eigenvalue weighted by Crippen LogP contribution is 2.38. The second-order valence-electron chi connectivity index (χ2n) is 4.64. The molecule has 92 valence electrons. The van der Waals surface area contributed by atoms with E-state index in [2.05, 4.69) is 21.2 Å². The summed E-state index contributed by atoms with van der Waals surface area (Å²) in [5.74, 6) is -0.595. The third-order valence-electron chi connectivity index (χ3n) is 3.09. The van der Waals surface area contributed by atoms with Crippen molar-refractivity contribution in [2.75, 3.05) is 5.32 Å². The molecule has 1 atom stereocenters. The Morgan fingerprint density at radius 3 is 2.82 bits per heavy atom. The van der Waals surface area contributed by atoms with Gasteiger partial charge in [-0.2, -0.15) is 0 Å². The third kappa shape index (κ3) is 2.66. The van der Waals surface area contributed by atoms with Crippen LogP contribution in [0, 0.1) is 11.7 Å². The van der Waals surface area contributed by atoms with Crippen LogP contribution < -0.4 is 11.1 Å². The Morgan fingerprint density at radius 2 is 2.24 bits per heavy atom. The van der Waals surface area contributed by atoms with Crippen LogP contribution in [0.3, 0.4) is 0 Å². The number of carbonyl (C=O) groups excluding carboxylic acids is 1. The van der Waals surface area contributed by atoms with E-state index < -0.39 is 11.4 Å². The number of nitrogens with two attached hydrogens (primary N) is 1. The average molecular weight is 301 g/mol. The van der Waals surface area contributed by atoms with Gasteiger partial charge < -0.3 is 11.1 Å². The quantitative estimate of drug-likeness (QED) is 0.902. The van der Waals surface area contributed by atoms with E-state index in [0.717, 1.165) is 12.8 Å². The summed E-state index contributed by atoms with van der Waals surface area (Å²) in [6.07, 6.45) is 1.92. The van der Waals surface area contributed by atoms with Gasteiger partial charge in [-0.25, -0.2) is 4.39 Å². The first kappa shape index (κ1) is 12.5. The van der Waals surface area contributed by atoms with Crippen molar-refractivity contribution in [2.45, 2.75) is 25.3 Å². The van der Waals surface area contributed by atoms with E-state index in [1.54, 1.807) is 13.0 Å². The van der Waals surface area contributed by atoms with Crippen LogP contribution in [0.15, 0.2) is 22.7 Å². The molecule has 0 spiro atoms. The van der Waals surface area contributed by atoms with Gasteiger partial charge in [0.2, 0.25) is 5.91 Å². The van der Waals surface area contributed by atoms with Gasteiger partial charge in [0.15, 0.2) is 0 Å². The highest BCUT2D eigenvalue weighted by Gasteiger charge is 2.44.